The molecule has 0 fully saturated rings. The molecule has 2 aromatic rings. The molecule has 1 N–H and O–H groups in total. The van der Waals surface area contributed by atoms with Gasteiger partial charge in [-0.15, -0.1) is 11.3 Å². The average Bonchev–Trinajstić information content (AvgIpc) is 2.93. The first kappa shape index (κ1) is 15.3. The largest absolute Gasteiger partial charge is 0.497 e. The summed E-state index contributed by atoms with van der Waals surface area (Å²) in [5.74, 6) is 0.604. The van der Waals surface area contributed by atoms with Crippen LogP contribution in [-0.4, -0.2) is 24.7 Å². The number of anilines is 2. The van der Waals surface area contributed by atoms with Crippen molar-refractivity contribution in [2.45, 2.75) is 19.8 Å². The second-order valence-electron chi connectivity index (χ2n) is 4.31. The van der Waals surface area contributed by atoms with Crippen LogP contribution in [0.3, 0.4) is 0 Å². The summed E-state index contributed by atoms with van der Waals surface area (Å²) in [7, 11) is 1.63. The summed E-state index contributed by atoms with van der Waals surface area (Å²) in [6.45, 7) is 2.22. The van der Waals surface area contributed by atoms with E-state index in [-0.39, 0.29) is 5.97 Å². The van der Waals surface area contributed by atoms with Crippen LogP contribution in [0.25, 0.3) is 0 Å². The number of ether oxygens (including phenoxy) is 2. The summed E-state index contributed by atoms with van der Waals surface area (Å²) in [5.41, 5.74) is 1.80. The SMILES string of the molecule is CCOC(=O)CCc1csc(Nc2cccc(OC)c2)n1. The summed E-state index contributed by atoms with van der Waals surface area (Å²) >= 11 is 1.51. The molecular formula is C15H18N2O3S. The lowest BCUT2D eigenvalue weighted by atomic mass is 10.2. The standard InChI is InChI=1S/C15H18N2O3S/c1-3-20-14(18)8-7-12-10-21-15(17-12)16-11-5-4-6-13(9-11)19-2/h4-6,9-10H,3,7-8H2,1-2H3,(H,16,17). The lowest BCUT2D eigenvalue weighted by Crippen LogP contribution is -2.05. The number of carbonyl (C=O) groups excluding carboxylic acids is 1. The van der Waals surface area contributed by atoms with E-state index in [4.69, 9.17) is 9.47 Å². The molecule has 0 atom stereocenters. The molecule has 0 amide bonds. The van der Waals surface area contributed by atoms with Gasteiger partial charge in [0.1, 0.15) is 5.75 Å². The highest BCUT2D eigenvalue weighted by Crippen LogP contribution is 2.24. The molecule has 0 unspecified atom stereocenters. The Hall–Kier alpha value is -2.08. The Morgan fingerprint density at radius 1 is 1.43 bits per heavy atom. The second-order valence-corrected chi connectivity index (χ2v) is 5.16. The summed E-state index contributed by atoms with van der Waals surface area (Å²) in [4.78, 5) is 15.8. The molecule has 1 aromatic carbocycles. The van der Waals surface area contributed by atoms with E-state index in [0.717, 1.165) is 22.3 Å². The Labute approximate surface area is 127 Å². The van der Waals surface area contributed by atoms with Crippen LogP contribution in [0.5, 0.6) is 5.75 Å². The number of carbonyl (C=O) groups is 1. The number of nitrogens with zero attached hydrogens (tertiary/aromatic N) is 1. The van der Waals surface area contributed by atoms with Gasteiger partial charge in [0, 0.05) is 23.6 Å². The fourth-order valence-electron chi connectivity index (χ4n) is 1.77. The maximum atomic E-state index is 11.3. The maximum Gasteiger partial charge on any atom is 0.306 e. The number of aryl methyl sites for hydroxylation is 1. The van der Waals surface area contributed by atoms with E-state index >= 15 is 0 Å². The third kappa shape index (κ3) is 4.75. The number of nitrogens with one attached hydrogen (secondary N) is 1. The van der Waals surface area contributed by atoms with Crippen LogP contribution in [0.1, 0.15) is 19.0 Å². The molecular weight excluding hydrogens is 288 g/mol. The van der Waals surface area contributed by atoms with Crippen molar-refractivity contribution in [2.24, 2.45) is 0 Å². The van der Waals surface area contributed by atoms with Gasteiger partial charge in [-0.1, -0.05) is 6.07 Å². The number of rotatable bonds is 7. The van der Waals surface area contributed by atoms with Gasteiger partial charge in [0.15, 0.2) is 5.13 Å². The van der Waals surface area contributed by atoms with Gasteiger partial charge in [0.25, 0.3) is 0 Å². The number of hydrogen-bond acceptors (Lipinski definition) is 6. The van der Waals surface area contributed by atoms with Crippen molar-refractivity contribution in [3.05, 3.63) is 35.3 Å². The smallest absolute Gasteiger partial charge is 0.306 e. The zero-order chi connectivity index (χ0) is 15.1. The predicted octanol–water partition coefficient (Wildman–Crippen LogP) is 3.39. The van der Waals surface area contributed by atoms with Crippen LogP contribution < -0.4 is 10.1 Å². The minimum absolute atomic E-state index is 0.187. The number of hydrogen-bond donors (Lipinski definition) is 1. The van der Waals surface area contributed by atoms with Crippen molar-refractivity contribution in [3.8, 4) is 5.75 Å². The minimum atomic E-state index is -0.187. The first-order valence-electron chi connectivity index (χ1n) is 6.72. The Bertz CT molecular complexity index is 598. The molecule has 2 rings (SSSR count). The summed E-state index contributed by atoms with van der Waals surface area (Å²) in [5, 5.41) is 5.96. The molecule has 0 aliphatic heterocycles. The first-order chi connectivity index (χ1) is 10.2. The van der Waals surface area contributed by atoms with Crippen LogP contribution in [0.4, 0.5) is 10.8 Å². The van der Waals surface area contributed by atoms with Crippen molar-refractivity contribution in [1.82, 2.24) is 4.98 Å². The van der Waals surface area contributed by atoms with E-state index in [2.05, 4.69) is 10.3 Å². The molecule has 0 aliphatic carbocycles. The van der Waals surface area contributed by atoms with Crippen molar-refractivity contribution in [1.29, 1.82) is 0 Å². The minimum Gasteiger partial charge on any atom is -0.497 e. The van der Waals surface area contributed by atoms with Crippen LogP contribution in [0.2, 0.25) is 0 Å². The highest BCUT2D eigenvalue weighted by atomic mass is 32.1. The van der Waals surface area contributed by atoms with E-state index in [1.165, 1.54) is 11.3 Å². The Kier molecular flexibility index (Phi) is 5.57. The lowest BCUT2D eigenvalue weighted by Gasteiger charge is -2.04. The quantitative estimate of drug-likeness (QED) is 0.795. The van der Waals surface area contributed by atoms with E-state index in [1.807, 2.05) is 29.6 Å². The normalized spacial score (nSPS) is 10.2. The molecule has 0 spiro atoms. The molecule has 0 radical (unpaired) electrons. The number of esters is 1. The Morgan fingerprint density at radius 2 is 2.29 bits per heavy atom. The average molecular weight is 306 g/mol. The van der Waals surface area contributed by atoms with Gasteiger partial charge in [-0.25, -0.2) is 4.98 Å². The van der Waals surface area contributed by atoms with Crippen LogP contribution in [0, 0.1) is 0 Å². The van der Waals surface area contributed by atoms with Crippen LogP contribution in [0.15, 0.2) is 29.6 Å². The molecule has 21 heavy (non-hydrogen) atoms. The fourth-order valence-corrected chi connectivity index (χ4v) is 2.53. The predicted molar refractivity (Wildman–Crippen MR) is 83.3 cm³/mol. The zero-order valence-corrected chi connectivity index (χ0v) is 12.9. The number of thiazole rings is 1. The monoisotopic (exact) mass is 306 g/mol. The highest BCUT2D eigenvalue weighted by Gasteiger charge is 2.07. The molecule has 1 heterocycles. The van der Waals surface area contributed by atoms with Gasteiger partial charge in [-0.2, -0.15) is 0 Å². The Morgan fingerprint density at radius 3 is 3.05 bits per heavy atom. The van der Waals surface area contributed by atoms with Gasteiger partial charge >= 0.3 is 5.97 Å². The van der Waals surface area contributed by atoms with Crippen molar-refractivity contribution < 1.29 is 14.3 Å². The van der Waals surface area contributed by atoms with Gasteiger partial charge in [0.2, 0.25) is 0 Å². The third-order valence-electron chi connectivity index (χ3n) is 2.76. The molecule has 0 bridgehead atoms. The topological polar surface area (TPSA) is 60.5 Å². The fraction of sp³-hybridized carbons (Fsp3) is 0.333. The molecule has 6 heteroatoms. The molecule has 5 nitrogen and oxygen atoms in total. The zero-order valence-electron chi connectivity index (χ0n) is 12.1. The van der Waals surface area contributed by atoms with Gasteiger partial charge < -0.3 is 14.8 Å². The molecule has 0 aliphatic rings. The van der Waals surface area contributed by atoms with E-state index in [9.17, 15) is 4.79 Å². The summed E-state index contributed by atoms with van der Waals surface area (Å²) in [6.07, 6.45) is 0.950. The highest BCUT2D eigenvalue weighted by molar-refractivity contribution is 7.13. The Balaban J connectivity index is 1.92. The van der Waals surface area contributed by atoms with Gasteiger partial charge in [-0.05, 0) is 19.1 Å². The molecule has 0 saturated carbocycles. The van der Waals surface area contributed by atoms with Crippen molar-refractivity contribution in [3.63, 3.8) is 0 Å². The number of benzene rings is 1. The third-order valence-corrected chi connectivity index (χ3v) is 3.57. The molecule has 0 saturated heterocycles. The van der Waals surface area contributed by atoms with Gasteiger partial charge in [0.05, 0.1) is 25.8 Å². The van der Waals surface area contributed by atoms with E-state index < -0.39 is 0 Å². The lowest BCUT2D eigenvalue weighted by molar-refractivity contribution is -0.143. The maximum absolute atomic E-state index is 11.3. The summed E-state index contributed by atoms with van der Waals surface area (Å²) in [6, 6.07) is 7.65. The van der Waals surface area contributed by atoms with Crippen molar-refractivity contribution >= 4 is 28.1 Å². The first-order valence-corrected chi connectivity index (χ1v) is 7.60. The van der Waals surface area contributed by atoms with Crippen LogP contribution >= 0.6 is 11.3 Å². The van der Waals surface area contributed by atoms with Crippen molar-refractivity contribution in [2.75, 3.05) is 19.0 Å². The number of aromatic nitrogens is 1. The molecule has 1 aromatic heterocycles. The van der Waals surface area contributed by atoms with Crippen LogP contribution in [-0.2, 0) is 16.0 Å². The molecule has 112 valence electrons. The van der Waals surface area contributed by atoms with E-state index in [1.54, 1.807) is 14.0 Å². The second kappa shape index (κ2) is 7.64. The van der Waals surface area contributed by atoms with E-state index in [0.29, 0.717) is 19.4 Å². The number of methoxy groups -OCH3 is 1. The van der Waals surface area contributed by atoms with Gasteiger partial charge in [-0.3, -0.25) is 4.79 Å². The summed E-state index contributed by atoms with van der Waals surface area (Å²) < 4.78 is 10.1.